The summed E-state index contributed by atoms with van der Waals surface area (Å²) in [6.07, 6.45) is 11.6. The van der Waals surface area contributed by atoms with Gasteiger partial charge in [-0.3, -0.25) is 18.6 Å². The van der Waals surface area contributed by atoms with Gasteiger partial charge in [-0.15, -0.1) is 0 Å². The minimum Gasteiger partial charge on any atom is -0.462 e. The molecule has 1 aliphatic rings. The third-order valence-electron chi connectivity index (χ3n) is 5.67. The second-order valence-corrected chi connectivity index (χ2v) is 11.2. The van der Waals surface area contributed by atoms with E-state index < -0.39 is 44.4 Å². The van der Waals surface area contributed by atoms with E-state index in [-0.39, 0.29) is 26.2 Å². The number of hydrogen-bond acceptors (Lipinski definition) is 9. The first-order chi connectivity index (χ1) is 17.0. The molecule has 1 saturated heterocycles. The standard InChI is InChI=1S/C25H47O10P/c1-5-6-7-8-9-10-11-12-13-14-15-16-24(27)34-22(17-30-21(2)26)19-32-36(28,29)33-20-23-18-31-25(3,4)35-23/h22-23H,5-20H2,1-4H3,(H,28,29). The Balaban J connectivity index is 2.26. The van der Waals surface area contributed by atoms with Gasteiger partial charge < -0.3 is 23.8 Å². The lowest BCUT2D eigenvalue weighted by atomic mass is 10.1. The van der Waals surface area contributed by atoms with E-state index in [2.05, 4.69) is 6.92 Å². The smallest absolute Gasteiger partial charge is 0.462 e. The Kier molecular flexibility index (Phi) is 16.7. The fourth-order valence-corrected chi connectivity index (χ4v) is 4.53. The summed E-state index contributed by atoms with van der Waals surface area (Å²) < 4.78 is 43.3. The van der Waals surface area contributed by atoms with E-state index in [0.717, 1.165) is 19.3 Å². The van der Waals surface area contributed by atoms with Crippen molar-refractivity contribution < 1.29 is 47.0 Å². The molecule has 3 unspecified atom stereocenters. The summed E-state index contributed by atoms with van der Waals surface area (Å²) in [5, 5.41) is 0. The van der Waals surface area contributed by atoms with Gasteiger partial charge >= 0.3 is 19.8 Å². The molecule has 1 aliphatic heterocycles. The number of carbonyl (C=O) groups excluding carboxylic acids is 2. The second kappa shape index (κ2) is 18.3. The number of carbonyl (C=O) groups is 2. The van der Waals surface area contributed by atoms with E-state index >= 15 is 0 Å². The number of unbranched alkanes of at least 4 members (excludes halogenated alkanes) is 10. The van der Waals surface area contributed by atoms with Crippen LogP contribution in [0.4, 0.5) is 0 Å². The van der Waals surface area contributed by atoms with Gasteiger partial charge in [0, 0.05) is 13.3 Å². The molecule has 36 heavy (non-hydrogen) atoms. The van der Waals surface area contributed by atoms with Crippen LogP contribution in [0.3, 0.4) is 0 Å². The Hall–Kier alpha value is -1.03. The summed E-state index contributed by atoms with van der Waals surface area (Å²) in [6, 6.07) is 0. The molecule has 1 fully saturated rings. The van der Waals surface area contributed by atoms with Crippen molar-refractivity contribution in [3.63, 3.8) is 0 Å². The topological polar surface area (TPSA) is 127 Å². The minimum atomic E-state index is -4.45. The second-order valence-electron chi connectivity index (χ2n) is 9.71. The highest BCUT2D eigenvalue weighted by molar-refractivity contribution is 7.47. The molecule has 10 nitrogen and oxygen atoms in total. The average Bonchev–Trinajstić information content (AvgIpc) is 3.16. The predicted octanol–water partition coefficient (Wildman–Crippen LogP) is 5.45. The van der Waals surface area contributed by atoms with Gasteiger partial charge in [-0.25, -0.2) is 4.57 Å². The zero-order valence-electron chi connectivity index (χ0n) is 22.5. The molecule has 0 aromatic carbocycles. The van der Waals surface area contributed by atoms with Gasteiger partial charge in [0.1, 0.15) is 12.7 Å². The van der Waals surface area contributed by atoms with Crippen molar-refractivity contribution in [2.45, 2.75) is 123 Å². The summed E-state index contributed by atoms with van der Waals surface area (Å²) in [6.45, 7) is 6.17. The number of hydrogen-bond donors (Lipinski definition) is 1. The normalized spacial score (nSPS) is 19.5. The summed E-state index contributed by atoms with van der Waals surface area (Å²) in [4.78, 5) is 33.3. The molecule has 0 aromatic rings. The van der Waals surface area contributed by atoms with E-state index in [1.54, 1.807) is 13.8 Å². The zero-order valence-corrected chi connectivity index (χ0v) is 23.4. The zero-order chi connectivity index (χ0) is 26.9. The molecule has 0 bridgehead atoms. The monoisotopic (exact) mass is 538 g/mol. The summed E-state index contributed by atoms with van der Waals surface area (Å²) in [5.74, 6) is -1.82. The minimum absolute atomic E-state index is 0.204. The SMILES string of the molecule is CCCCCCCCCCCCCC(=O)OC(COC(C)=O)COP(=O)(O)OCC1COC(C)(C)O1. The molecule has 0 spiro atoms. The number of rotatable bonds is 21. The van der Waals surface area contributed by atoms with E-state index in [4.69, 9.17) is 28.0 Å². The van der Waals surface area contributed by atoms with Crippen molar-refractivity contribution in [2.75, 3.05) is 26.4 Å². The van der Waals surface area contributed by atoms with Gasteiger partial charge in [0.25, 0.3) is 0 Å². The molecule has 1 heterocycles. The van der Waals surface area contributed by atoms with Gasteiger partial charge in [-0.2, -0.15) is 0 Å². The van der Waals surface area contributed by atoms with Crippen molar-refractivity contribution in [1.82, 2.24) is 0 Å². The lowest BCUT2D eigenvalue weighted by Gasteiger charge is -2.20. The average molecular weight is 539 g/mol. The van der Waals surface area contributed by atoms with E-state index in [0.29, 0.717) is 6.42 Å². The van der Waals surface area contributed by atoms with E-state index in [9.17, 15) is 19.0 Å². The number of esters is 2. The number of phosphoric ester groups is 1. The third kappa shape index (κ3) is 17.4. The highest BCUT2D eigenvalue weighted by Gasteiger charge is 2.35. The molecular formula is C25H47O10P. The predicted molar refractivity (Wildman–Crippen MR) is 134 cm³/mol. The number of ether oxygens (including phenoxy) is 4. The Labute approximate surface area is 216 Å². The molecule has 0 aromatic heterocycles. The fraction of sp³-hybridized carbons (Fsp3) is 0.920. The maximum absolute atomic E-state index is 12.2. The quantitative estimate of drug-likeness (QED) is 0.114. The molecule has 212 valence electrons. The first-order valence-electron chi connectivity index (χ1n) is 13.3. The van der Waals surface area contributed by atoms with Gasteiger partial charge in [0.2, 0.25) is 0 Å². The first-order valence-corrected chi connectivity index (χ1v) is 14.8. The highest BCUT2D eigenvalue weighted by Crippen LogP contribution is 2.44. The largest absolute Gasteiger partial charge is 0.472 e. The van der Waals surface area contributed by atoms with E-state index in [1.807, 2.05) is 0 Å². The maximum atomic E-state index is 12.2. The maximum Gasteiger partial charge on any atom is 0.472 e. The van der Waals surface area contributed by atoms with Crippen LogP contribution in [0.2, 0.25) is 0 Å². The fourth-order valence-electron chi connectivity index (χ4n) is 3.74. The van der Waals surface area contributed by atoms with Crippen molar-refractivity contribution in [2.24, 2.45) is 0 Å². The lowest BCUT2D eigenvalue weighted by Crippen LogP contribution is -2.29. The molecular weight excluding hydrogens is 491 g/mol. The van der Waals surface area contributed by atoms with Crippen LogP contribution in [-0.2, 0) is 42.1 Å². The third-order valence-corrected chi connectivity index (χ3v) is 6.62. The molecule has 11 heteroatoms. The van der Waals surface area contributed by atoms with Crippen LogP contribution in [0.15, 0.2) is 0 Å². The molecule has 1 rings (SSSR count). The molecule has 0 saturated carbocycles. The van der Waals surface area contributed by atoms with Gasteiger partial charge in [0.15, 0.2) is 11.9 Å². The van der Waals surface area contributed by atoms with Crippen LogP contribution in [0.1, 0.15) is 105 Å². The van der Waals surface area contributed by atoms with Crippen molar-refractivity contribution in [1.29, 1.82) is 0 Å². The molecule has 3 atom stereocenters. The molecule has 0 radical (unpaired) electrons. The Bertz CT molecular complexity index is 669. The molecule has 0 amide bonds. The van der Waals surface area contributed by atoms with Crippen LogP contribution in [-0.4, -0.2) is 61.3 Å². The van der Waals surface area contributed by atoms with Gasteiger partial charge in [-0.05, 0) is 20.3 Å². The van der Waals surface area contributed by atoms with Gasteiger partial charge in [0.05, 0.1) is 19.8 Å². The highest BCUT2D eigenvalue weighted by atomic mass is 31.2. The van der Waals surface area contributed by atoms with E-state index in [1.165, 1.54) is 51.9 Å². The lowest BCUT2D eigenvalue weighted by molar-refractivity contribution is -0.160. The summed E-state index contributed by atoms with van der Waals surface area (Å²) in [5.41, 5.74) is 0. The Morgan fingerprint density at radius 2 is 1.56 bits per heavy atom. The number of phosphoric acid groups is 1. The molecule has 0 aliphatic carbocycles. The van der Waals surface area contributed by atoms with Crippen molar-refractivity contribution in [3.05, 3.63) is 0 Å². The first kappa shape index (κ1) is 33.0. The Morgan fingerprint density at radius 3 is 2.08 bits per heavy atom. The van der Waals surface area contributed by atoms with Crippen LogP contribution in [0, 0.1) is 0 Å². The van der Waals surface area contributed by atoms with Crippen molar-refractivity contribution in [3.8, 4) is 0 Å². The van der Waals surface area contributed by atoms with Crippen LogP contribution < -0.4 is 0 Å². The molecule has 1 N–H and O–H groups in total. The summed E-state index contributed by atoms with van der Waals surface area (Å²) >= 11 is 0. The van der Waals surface area contributed by atoms with Crippen molar-refractivity contribution >= 4 is 19.8 Å². The van der Waals surface area contributed by atoms with Crippen LogP contribution in [0.25, 0.3) is 0 Å². The van der Waals surface area contributed by atoms with Crippen LogP contribution in [0.5, 0.6) is 0 Å². The Morgan fingerprint density at radius 1 is 0.972 bits per heavy atom. The van der Waals surface area contributed by atoms with Gasteiger partial charge in [-0.1, -0.05) is 71.1 Å². The van der Waals surface area contributed by atoms with Crippen LogP contribution >= 0.6 is 7.82 Å². The summed E-state index contributed by atoms with van der Waals surface area (Å²) in [7, 11) is -4.45.